The van der Waals surface area contributed by atoms with Crippen molar-refractivity contribution in [3.63, 3.8) is 0 Å². The van der Waals surface area contributed by atoms with Crippen molar-refractivity contribution in [2.45, 2.75) is 65.6 Å². The van der Waals surface area contributed by atoms with Crippen LogP contribution in [0.5, 0.6) is 0 Å². The standard InChI is InChI=1S/C20H26N4O4/c1-11(2)22-20(27)23-18(25)14(5)28-19(26)16(10-21)9-15-8-12(3)24(13(15)4)17-6-7-17/h8-9,11,14,17H,6-7H2,1-5H3,(H2,22,23,25,27)/b16-9+/t14-/m0/s1. The summed E-state index contributed by atoms with van der Waals surface area (Å²) in [6.45, 7) is 8.77. The zero-order valence-electron chi connectivity index (χ0n) is 16.8. The number of ether oxygens (including phenoxy) is 1. The van der Waals surface area contributed by atoms with Gasteiger partial charge in [-0.05, 0) is 65.2 Å². The molecule has 0 unspecified atom stereocenters. The van der Waals surface area contributed by atoms with Gasteiger partial charge in [-0.15, -0.1) is 0 Å². The molecule has 2 rings (SSSR count). The normalized spacial score (nSPS) is 15.0. The van der Waals surface area contributed by atoms with Crippen LogP contribution >= 0.6 is 0 Å². The molecule has 8 nitrogen and oxygen atoms in total. The fourth-order valence-corrected chi connectivity index (χ4v) is 2.93. The van der Waals surface area contributed by atoms with Crippen molar-refractivity contribution in [1.29, 1.82) is 5.26 Å². The highest BCUT2D eigenvalue weighted by Crippen LogP contribution is 2.38. The lowest BCUT2D eigenvalue weighted by Crippen LogP contribution is -2.46. The van der Waals surface area contributed by atoms with E-state index in [1.165, 1.54) is 13.0 Å². The molecule has 0 aromatic carbocycles. The Labute approximate surface area is 164 Å². The molecule has 1 fully saturated rings. The zero-order valence-corrected chi connectivity index (χ0v) is 16.8. The molecule has 0 radical (unpaired) electrons. The molecule has 1 saturated carbocycles. The minimum Gasteiger partial charge on any atom is -0.448 e. The molecule has 1 aromatic rings. The maximum atomic E-state index is 12.3. The molecule has 2 N–H and O–H groups in total. The number of imide groups is 1. The first-order valence-corrected chi connectivity index (χ1v) is 9.26. The Morgan fingerprint density at radius 3 is 2.46 bits per heavy atom. The van der Waals surface area contributed by atoms with E-state index in [0.29, 0.717) is 6.04 Å². The first-order valence-electron chi connectivity index (χ1n) is 9.26. The SMILES string of the molecule is Cc1cc(/C=C(\C#N)C(=O)O[C@@H](C)C(=O)NC(=O)NC(C)C)c(C)n1C1CC1. The molecule has 0 saturated heterocycles. The quantitative estimate of drug-likeness (QED) is 0.443. The van der Waals surface area contributed by atoms with Crippen LogP contribution in [-0.2, 0) is 14.3 Å². The van der Waals surface area contributed by atoms with Crippen LogP contribution in [0.4, 0.5) is 4.79 Å². The summed E-state index contributed by atoms with van der Waals surface area (Å²) in [5.41, 5.74) is 2.62. The Balaban J connectivity index is 2.06. The van der Waals surface area contributed by atoms with Gasteiger partial charge in [-0.2, -0.15) is 5.26 Å². The van der Waals surface area contributed by atoms with Crippen molar-refractivity contribution in [3.05, 3.63) is 28.6 Å². The van der Waals surface area contributed by atoms with E-state index in [0.717, 1.165) is 29.8 Å². The fourth-order valence-electron chi connectivity index (χ4n) is 2.93. The minimum atomic E-state index is -1.22. The highest BCUT2D eigenvalue weighted by Gasteiger charge is 2.27. The summed E-state index contributed by atoms with van der Waals surface area (Å²) >= 11 is 0. The molecule has 28 heavy (non-hydrogen) atoms. The number of carbonyl (C=O) groups is 3. The number of aromatic nitrogens is 1. The van der Waals surface area contributed by atoms with E-state index >= 15 is 0 Å². The number of urea groups is 1. The lowest BCUT2D eigenvalue weighted by atomic mass is 10.1. The molecule has 3 amide bonds. The number of hydrogen-bond acceptors (Lipinski definition) is 5. The average molecular weight is 386 g/mol. The molecule has 150 valence electrons. The van der Waals surface area contributed by atoms with Gasteiger partial charge in [-0.3, -0.25) is 10.1 Å². The summed E-state index contributed by atoms with van der Waals surface area (Å²) in [5, 5.41) is 13.9. The van der Waals surface area contributed by atoms with Gasteiger partial charge in [-0.25, -0.2) is 9.59 Å². The molecule has 1 heterocycles. The third-order valence-electron chi connectivity index (χ3n) is 4.39. The smallest absolute Gasteiger partial charge is 0.349 e. The van der Waals surface area contributed by atoms with Gasteiger partial charge in [0, 0.05) is 23.5 Å². The number of hydrogen-bond donors (Lipinski definition) is 2. The van der Waals surface area contributed by atoms with Crippen molar-refractivity contribution >= 4 is 24.0 Å². The van der Waals surface area contributed by atoms with Gasteiger partial charge in [0.2, 0.25) is 0 Å². The first kappa shape index (κ1) is 21.2. The Morgan fingerprint density at radius 1 is 1.29 bits per heavy atom. The molecular weight excluding hydrogens is 360 g/mol. The van der Waals surface area contributed by atoms with Crippen LogP contribution in [-0.4, -0.2) is 34.6 Å². The highest BCUT2D eigenvalue weighted by atomic mass is 16.5. The van der Waals surface area contributed by atoms with Crippen molar-refractivity contribution < 1.29 is 19.1 Å². The van der Waals surface area contributed by atoms with E-state index in [2.05, 4.69) is 15.2 Å². The monoisotopic (exact) mass is 386 g/mol. The fraction of sp³-hybridized carbons (Fsp3) is 0.500. The second-order valence-corrected chi connectivity index (χ2v) is 7.26. The second-order valence-electron chi connectivity index (χ2n) is 7.26. The summed E-state index contributed by atoms with van der Waals surface area (Å²) in [6.07, 6.45) is 2.51. The van der Waals surface area contributed by atoms with Crippen molar-refractivity contribution in [2.24, 2.45) is 0 Å². The van der Waals surface area contributed by atoms with Crippen LogP contribution in [0.3, 0.4) is 0 Å². The Hall–Kier alpha value is -3.08. The molecule has 8 heteroatoms. The number of nitrogens with zero attached hydrogens (tertiary/aromatic N) is 2. The van der Waals surface area contributed by atoms with Crippen molar-refractivity contribution in [1.82, 2.24) is 15.2 Å². The summed E-state index contributed by atoms with van der Waals surface area (Å²) in [5.74, 6) is -1.68. The second kappa shape index (κ2) is 8.74. The van der Waals surface area contributed by atoms with Gasteiger partial charge in [0.15, 0.2) is 6.10 Å². The van der Waals surface area contributed by atoms with Gasteiger partial charge in [-0.1, -0.05) is 0 Å². The molecule has 0 aliphatic heterocycles. The molecule has 0 bridgehead atoms. The number of carbonyl (C=O) groups excluding carboxylic acids is 3. The number of esters is 1. The summed E-state index contributed by atoms with van der Waals surface area (Å²) in [6, 6.07) is 3.42. The third-order valence-corrected chi connectivity index (χ3v) is 4.39. The van der Waals surface area contributed by atoms with Gasteiger partial charge >= 0.3 is 12.0 Å². The van der Waals surface area contributed by atoms with Crippen LogP contribution < -0.4 is 10.6 Å². The zero-order chi connectivity index (χ0) is 21.0. The van der Waals surface area contributed by atoms with Gasteiger partial charge < -0.3 is 14.6 Å². The number of rotatable bonds is 6. The Kier molecular flexibility index (Phi) is 6.62. The van der Waals surface area contributed by atoms with E-state index in [9.17, 15) is 19.6 Å². The van der Waals surface area contributed by atoms with Gasteiger partial charge in [0.1, 0.15) is 11.6 Å². The predicted octanol–water partition coefficient (Wildman–Crippen LogP) is 2.51. The summed E-state index contributed by atoms with van der Waals surface area (Å²) < 4.78 is 7.26. The van der Waals surface area contributed by atoms with E-state index in [-0.39, 0.29) is 11.6 Å². The lowest BCUT2D eigenvalue weighted by molar-refractivity contribution is -0.150. The number of aryl methyl sites for hydroxylation is 1. The van der Waals surface area contributed by atoms with Crippen molar-refractivity contribution in [2.75, 3.05) is 0 Å². The van der Waals surface area contributed by atoms with E-state index in [1.807, 2.05) is 26.0 Å². The number of nitriles is 1. The molecule has 1 aliphatic rings. The Bertz CT molecular complexity index is 856. The summed E-state index contributed by atoms with van der Waals surface area (Å²) in [4.78, 5) is 35.8. The molecule has 1 aliphatic carbocycles. The number of amides is 3. The van der Waals surface area contributed by atoms with Gasteiger partial charge in [0.25, 0.3) is 5.91 Å². The summed E-state index contributed by atoms with van der Waals surface area (Å²) in [7, 11) is 0. The third kappa shape index (κ3) is 5.22. The molecular formula is C20H26N4O4. The first-order chi connectivity index (χ1) is 13.1. The largest absolute Gasteiger partial charge is 0.448 e. The Morgan fingerprint density at radius 2 is 1.93 bits per heavy atom. The lowest BCUT2D eigenvalue weighted by Gasteiger charge is -2.14. The van der Waals surface area contributed by atoms with Gasteiger partial charge in [0.05, 0.1) is 0 Å². The van der Waals surface area contributed by atoms with Crippen LogP contribution in [0.15, 0.2) is 11.6 Å². The molecule has 1 aromatic heterocycles. The maximum Gasteiger partial charge on any atom is 0.349 e. The van der Waals surface area contributed by atoms with E-state index < -0.39 is 24.0 Å². The maximum absolute atomic E-state index is 12.3. The van der Waals surface area contributed by atoms with Crippen LogP contribution in [0.1, 0.15) is 56.6 Å². The minimum absolute atomic E-state index is 0.145. The average Bonchev–Trinajstić information content (AvgIpc) is 3.37. The van der Waals surface area contributed by atoms with E-state index in [1.54, 1.807) is 13.8 Å². The molecule has 1 atom stereocenters. The van der Waals surface area contributed by atoms with E-state index in [4.69, 9.17) is 4.74 Å². The van der Waals surface area contributed by atoms with Crippen molar-refractivity contribution in [3.8, 4) is 6.07 Å². The van der Waals surface area contributed by atoms with Crippen LogP contribution in [0.2, 0.25) is 0 Å². The highest BCUT2D eigenvalue weighted by molar-refractivity contribution is 6.01. The number of nitrogens with one attached hydrogen (secondary N) is 2. The topological polar surface area (TPSA) is 113 Å². The van der Waals surface area contributed by atoms with Crippen LogP contribution in [0.25, 0.3) is 6.08 Å². The molecule has 0 spiro atoms. The predicted molar refractivity (Wildman–Crippen MR) is 103 cm³/mol. The van der Waals surface area contributed by atoms with Crippen LogP contribution in [0, 0.1) is 25.2 Å².